The van der Waals surface area contributed by atoms with Crippen molar-refractivity contribution in [2.45, 2.75) is 51.1 Å². The first-order valence-corrected chi connectivity index (χ1v) is 13.3. The molecule has 1 aliphatic rings. The molecule has 0 spiro atoms. The number of thiazole rings is 1. The molecule has 4 rings (SSSR count). The van der Waals surface area contributed by atoms with Gasteiger partial charge in [0.05, 0.1) is 11.6 Å². The molecule has 2 N–H and O–H groups in total. The smallest absolute Gasteiger partial charge is 0.263 e. The van der Waals surface area contributed by atoms with Crippen molar-refractivity contribution in [2.75, 3.05) is 13.6 Å². The number of rotatable bonds is 8. The summed E-state index contributed by atoms with van der Waals surface area (Å²) in [6.45, 7) is 8.19. The maximum Gasteiger partial charge on any atom is 0.263 e. The number of benzene rings is 2. The molecule has 9 heteroatoms. The predicted molar refractivity (Wildman–Crippen MR) is 147 cm³/mol. The van der Waals surface area contributed by atoms with Gasteiger partial charge in [0.15, 0.2) is 0 Å². The second kappa shape index (κ2) is 11.5. The highest BCUT2D eigenvalue weighted by atomic mass is 32.1. The van der Waals surface area contributed by atoms with E-state index in [0.717, 1.165) is 29.1 Å². The Hall–Kier alpha value is -3.43. The molecule has 1 fully saturated rings. The summed E-state index contributed by atoms with van der Waals surface area (Å²) in [5.41, 5.74) is 7.60. The molecule has 38 heavy (non-hydrogen) atoms. The Labute approximate surface area is 225 Å². The molecule has 1 aliphatic heterocycles. The number of hydrogen-bond acceptors (Lipinski definition) is 6. The van der Waals surface area contributed by atoms with Crippen LogP contribution in [0, 0.1) is 6.92 Å². The zero-order chi connectivity index (χ0) is 27.4. The lowest BCUT2D eigenvalue weighted by Gasteiger charge is -2.27. The van der Waals surface area contributed by atoms with E-state index < -0.39 is 12.0 Å². The molecule has 3 aromatic rings. The summed E-state index contributed by atoms with van der Waals surface area (Å²) in [7, 11) is 1.55. The number of hydrogen-bond donors (Lipinski definition) is 1. The number of aliphatic imine (C=N–C) groups is 1. The van der Waals surface area contributed by atoms with E-state index in [1.54, 1.807) is 18.9 Å². The van der Waals surface area contributed by atoms with Gasteiger partial charge >= 0.3 is 0 Å². The molecule has 200 valence electrons. The van der Waals surface area contributed by atoms with Crippen LogP contribution >= 0.6 is 11.3 Å². The number of alkyl halides is 2. The predicted octanol–water partition coefficient (Wildman–Crippen LogP) is 6.34. The fourth-order valence-electron chi connectivity index (χ4n) is 4.71. The number of aryl methyl sites for hydroxylation is 1. The van der Waals surface area contributed by atoms with E-state index in [4.69, 9.17) is 10.5 Å². The molecule has 1 unspecified atom stereocenters. The highest BCUT2D eigenvalue weighted by Crippen LogP contribution is 2.36. The second-order valence-electron chi connectivity index (χ2n) is 9.76. The van der Waals surface area contributed by atoms with Crippen molar-refractivity contribution in [3.8, 4) is 0 Å². The molecule has 1 amide bonds. The number of ether oxygens (including phenoxy) is 1. The molecular formula is C29H32F2N4O2S. The van der Waals surface area contributed by atoms with Crippen LogP contribution in [0.25, 0.3) is 5.76 Å². The van der Waals surface area contributed by atoms with E-state index >= 15 is 0 Å². The Morgan fingerprint density at radius 2 is 2.00 bits per heavy atom. The van der Waals surface area contributed by atoms with Gasteiger partial charge in [0.2, 0.25) is 5.90 Å². The van der Waals surface area contributed by atoms with Gasteiger partial charge in [0.1, 0.15) is 10.8 Å². The molecule has 0 bridgehead atoms. The Morgan fingerprint density at radius 1 is 1.29 bits per heavy atom. The van der Waals surface area contributed by atoms with Crippen molar-refractivity contribution in [1.29, 1.82) is 0 Å². The minimum absolute atomic E-state index is 0.0837. The van der Waals surface area contributed by atoms with Crippen LogP contribution in [0.4, 0.5) is 8.78 Å². The van der Waals surface area contributed by atoms with Gasteiger partial charge in [-0.2, -0.15) is 0 Å². The average Bonchev–Trinajstić information content (AvgIpc) is 3.55. The van der Waals surface area contributed by atoms with E-state index in [1.165, 1.54) is 29.5 Å². The third-order valence-corrected chi connectivity index (χ3v) is 7.60. The number of likely N-dealkylation sites (tertiary alicyclic amines) is 1. The van der Waals surface area contributed by atoms with Crippen LogP contribution in [0.2, 0.25) is 0 Å². The molecule has 0 radical (unpaired) electrons. The molecule has 1 saturated heterocycles. The summed E-state index contributed by atoms with van der Waals surface area (Å²) in [6.07, 6.45) is -0.731. The van der Waals surface area contributed by atoms with Crippen LogP contribution in [0.5, 0.6) is 0 Å². The van der Waals surface area contributed by atoms with Gasteiger partial charge in [-0.3, -0.25) is 9.79 Å². The van der Waals surface area contributed by atoms with Gasteiger partial charge in [-0.25, -0.2) is 13.8 Å². The molecule has 2 aromatic carbocycles. The van der Waals surface area contributed by atoms with Crippen molar-refractivity contribution < 1.29 is 18.3 Å². The van der Waals surface area contributed by atoms with E-state index in [1.807, 2.05) is 42.6 Å². The van der Waals surface area contributed by atoms with Crippen LogP contribution in [0.15, 0.2) is 65.5 Å². The maximum atomic E-state index is 13.9. The SMILES string of the molecule is C=C(OC(=NC)C(C)(N)Cc1ccccc1)c1cc(C(=O)N2CCC[C@@H]2c2nc(C)cs2)cc(C(F)F)c1. The minimum atomic E-state index is -2.78. The zero-order valence-corrected chi connectivity index (χ0v) is 22.6. The van der Waals surface area contributed by atoms with Crippen LogP contribution in [-0.4, -0.2) is 40.8 Å². The standard InChI is InChI=1S/C29H32F2N4O2S/c1-18-17-38-26(34-18)24-11-8-12-35(24)27(36)23-14-21(13-22(15-23)25(30)31)19(2)37-28(33-4)29(3,32)16-20-9-6-5-7-10-20/h5-7,9-10,13-15,17,24-25H,2,8,11-12,16,32H2,1,3-4H3/t24-,29?/m1/s1. The van der Waals surface area contributed by atoms with Crippen LogP contribution in [0.1, 0.15) is 70.0 Å². The van der Waals surface area contributed by atoms with E-state index in [9.17, 15) is 13.6 Å². The fraction of sp³-hybridized carbons (Fsp3) is 0.345. The van der Waals surface area contributed by atoms with E-state index in [0.29, 0.717) is 13.0 Å². The van der Waals surface area contributed by atoms with Gasteiger partial charge < -0.3 is 15.4 Å². The number of halogens is 2. The molecule has 1 aromatic heterocycles. The summed E-state index contributed by atoms with van der Waals surface area (Å²) in [4.78, 5) is 24.1. The third kappa shape index (κ3) is 6.16. The molecule has 0 aliphatic carbocycles. The second-order valence-corrected chi connectivity index (χ2v) is 10.7. The number of carbonyl (C=O) groups excluding carboxylic acids is 1. The fourth-order valence-corrected chi connectivity index (χ4v) is 5.65. The molecule has 6 nitrogen and oxygen atoms in total. The van der Waals surface area contributed by atoms with Gasteiger partial charge in [-0.1, -0.05) is 36.9 Å². The Morgan fingerprint density at radius 3 is 2.63 bits per heavy atom. The summed E-state index contributed by atoms with van der Waals surface area (Å²) >= 11 is 1.51. The summed E-state index contributed by atoms with van der Waals surface area (Å²) in [6, 6.07) is 13.6. The van der Waals surface area contributed by atoms with Gasteiger partial charge in [-0.15, -0.1) is 11.3 Å². The highest BCUT2D eigenvalue weighted by molar-refractivity contribution is 7.09. The first-order chi connectivity index (χ1) is 18.1. The number of amides is 1. The minimum Gasteiger partial charge on any atom is -0.441 e. The normalized spacial score (nSPS) is 17.5. The lowest BCUT2D eigenvalue weighted by atomic mass is 9.93. The lowest BCUT2D eigenvalue weighted by Crippen LogP contribution is -2.48. The van der Waals surface area contributed by atoms with Gasteiger partial charge in [0, 0.05) is 41.4 Å². The summed E-state index contributed by atoms with van der Waals surface area (Å²) < 4.78 is 33.7. The van der Waals surface area contributed by atoms with Crippen LogP contribution in [0.3, 0.4) is 0 Å². The van der Waals surface area contributed by atoms with Crippen molar-refractivity contribution in [3.63, 3.8) is 0 Å². The van der Waals surface area contributed by atoms with Crippen LogP contribution in [-0.2, 0) is 11.2 Å². The number of nitrogens with two attached hydrogens (primary N) is 1. The first-order valence-electron chi connectivity index (χ1n) is 12.4. The molecule has 2 heterocycles. The quantitative estimate of drug-likeness (QED) is 0.206. The topological polar surface area (TPSA) is 80.8 Å². The Balaban J connectivity index is 1.59. The van der Waals surface area contributed by atoms with Crippen molar-refractivity contribution >= 4 is 28.9 Å². The molecule has 2 atom stereocenters. The largest absolute Gasteiger partial charge is 0.441 e. The highest BCUT2D eigenvalue weighted by Gasteiger charge is 2.33. The maximum absolute atomic E-state index is 13.9. The molecular weight excluding hydrogens is 506 g/mol. The lowest BCUT2D eigenvalue weighted by molar-refractivity contribution is 0.0735. The zero-order valence-electron chi connectivity index (χ0n) is 21.8. The van der Waals surface area contributed by atoms with Gasteiger partial charge in [0.25, 0.3) is 12.3 Å². The van der Waals surface area contributed by atoms with Crippen LogP contribution < -0.4 is 5.73 Å². The summed E-state index contributed by atoms with van der Waals surface area (Å²) in [5.74, 6) is -0.0325. The van der Waals surface area contributed by atoms with Crippen molar-refractivity contribution in [2.24, 2.45) is 10.7 Å². The summed E-state index contributed by atoms with van der Waals surface area (Å²) in [5, 5.41) is 2.80. The van der Waals surface area contributed by atoms with Gasteiger partial charge in [-0.05, 0) is 56.9 Å². The Bertz CT molecular complexity index is 1340. The number of carbonyl (C=O) groups is 1. The Kier molecular flexibility index (Phi) is 8.38. The first kappa shape index (κ1) is 27.6. The number of aromatic nitrogens is 1. The van der Waals surface area contributed by atoms with Crippen molar-refractivity contribution in [1.82, 2.24) is 9.88 Å². The third-order valence-electron chi connectivity index (χ3n) is 6.54. The molecule has 0 saturated carbocycles. The van der Waals surface area contributed by atoms with Crippen molar-refractivity contribution in [3.05, 3.63) is 93.4 Å². The monoisotopic (exact) mass is 538 g/mol. The number of nitrogens with zero attached hydrogens (tertiary/aromatic N) is 3. The van der Waals surface area contributed by atoms with E-state index in [2.05, 4.69) is 16.6 Å². The average molecular weight is 539 g/mol. The van der Waals surface area contributed by atoms with E-state index in [-0.39, 0.29) is 40.3 Å².